The molecule has 104 valence electrons. The van der Waals surface area contributed by atoms with E-state index in [4.69, 9.17) is 16.9 Å². The van der Waals surface area contributed by atoms with Gasteiger partial charge in [0, 0.05) is 18.6 Å². The van der Waals surface area contributed by atoms with Crippen molar-refractivity contribution in [1.29, 1.82) is 5.41 Å². The van der Waals surface area contributed by atoms with Crippen LogP contribution in [0.3, 0.4) is 0 Å². The van der Waals surface area contributed by atoms with E-state index in [0.717, 1.165) is 24.3 Å². The molecule has 0 unspecified atom stereocenters. The molecule has 0 atom stereocenters. The Kier molecular flexibility index (Phi) is 7.43. The number of nitrogens with zero attached hydrogens (tertiary/aromatic N) is 1. The first-order valence-corrected chi connectivity index (χ1v) is 7.98. The van der Waals surface area contributed by atoms with Gasteiger partial charge in [0.05, 0.1) is 0 Å². The van der Waals surface area contributed by atoms with Gasteiger partial charge in [0.2, 0.25) is 0 Å². The molecule has 0 aliphatic carbocycles. The highest BCUT2D eigenvalue weighted by Crippen LogP contribution is 2.11. The maximum atomic E-state index is 7.14. The number of aliphatic imine (C=N–C) groups is 1. The second kappa shape index (κ2) is 8.87. The molecular formula is C13H20N4S2. The predicted octanol–water partition coefficient (Wildman–Crippen LogP) is 2.08. The minimum atomic E-state index is 0.184. The maximum Gasteiger partial charge on any atom is 0.153 e. The lowest BCUT2D eigenvalue weighted by Gasteiger charge is -2.04. The summed E-state index contributed by atoms with van der Waals surface area (Å²) in [6.45, 7) is 0. The monoisotopic (exact) mass is 296 g/mol. The highest BCUT2D eigenvalue weighted by atomic mass is 32.2. The van der Waals surface area contributed by atoms with Gasteiger partial charge in [0.25, 0.3) is 0 Å². The molecule has 19 heavy (non-hydrogen) atoms. The first kappa shape index (κ1) is 15.9. The molecule has 0 aromatic heterocycles. The van der Waals surface area contributed by atoms with E-state index in [1.165, 1.54) is 22.9 Å². The second-order valence-electron chi connectivity index (χ2n) is 3.94. The topological polar surface area (TPSA) is 88.2 Å². The van der Waals surface area contributed by atoms with Crippen LogP contribution in [0.25, 0.3) is 0 Å². The zero-order valence-corrected chi connectivity index (χ0v) is 12.7. The summed E-state index contributed by atoms with van der Waals surface area (Å²) in [6, 6.07) is 8.57. The van der Waals surface area contributed by atoms with E-state index in [1.807, 2.05) is 0 Å². The molecule has 0 radical (unpaired) electrons. The van der Waals surface area contributed by atoms with Crippen molar-refractivity contribution in [3.05, 3.63) is 35.4 Å². The molecule has 4 nitrogen and oxygen atoms in total. The molecule has 0 saturated heterocycles. The molecule has 0 fully saturated rings. The lowest BCUT2D eigenvalue weighted by atomic mass is 10.1. The number of benzene rings is 1. The summed E-state index contributed by atoms with van der Waals surface area (Å²) in [4.78, 5) is 3.91. The third-order valence-corrected chi connectivity index (χ3v) is 4.14. The molecule has 0 heterocycles. The highest BCUT2D eigenvalue weighted by molar-refractivity contribution is 8.13. The maximum absolute atomic E-state index is 7.14. The Morgan fingerprint density at radius 1 is 1.05 bits per heavy atom. The van der Waals surface area contributed by atoms with Crippen LogP contribution in [0.1, 0.15) is 11.1 Å². The lowest BCUT2D eigenvalue weighted by Crippen LogP contribution is -2.07. The Balaban J connectivity index is 2.33. The number of nitrogens with one attached hydrogen (secondary N) is 1. The molecule has 0 aliphatic heterocycles. The Labute approximate surface area is 122 Å². The van der Waals surface area contributed by atoms with Gasteiger partial charge in [-0.2, -0.15) is 0 Å². The van der Waals surface area contributed by atoms with Gasteiger partial charge in [-0.25, -0.2) is 0 Å². The minimum Gasteiger partial charge on any atom is -0.379 e. The van der Waals surface area contributed by atoms with E-state index < -0.39 is 0 Å². The Morgan fingerprint density at radius 3 is 1.95 bits per heavy atom. The highest BCUT2D eigenvalue weighted by Gasteiger charge is 1.98. The van der Waals surface area contributed by atoms with E-state index in [-0.39, 0.29) is 5.17 Å². The van der Waals surface area contributed by atoms with Crippen LogP contribution in [0, 0.1) is 5.41 Å². The summed E-state index contributed by atoms with van der Waals surface area (Å²) in [5, 5.41) is 7.96. The van der Waals surface area contributed by atoms with E-state index >= 15 is 0 Å². The average Bonchev–Trinajstić information content (AvgIpc) is 2.40. The molecule has 0 spiro atoms. The quantitative estimate of drug-likeness (QED) is 0.554. The lowest BCUT2D eigenvalue weighted by molar-refractivity contribution is 1.12. The Bertz CT molecular complexity index is 429. The summed E-state index contributed by atoms with van der Waals surface area (Å²) in [6.07, 6.45) is 1.93. The normalized spacial score (nSPS) is 11.5. The predicted molar refractivity (Wildman–Crippen MR) is 88.2 cm³/mol. The molecule has 1 rings (SSSR count). The van der Waals surface area contributed by atoms with Gasteiger partial charge in [-0.1, -0.05) is 47.8 Å². The van der Waals surface area contributed by atoms with Crippen molar-refractivity contribution in [1.82, 2.24) is 0 Å². The van der Waals surface area contributed by atoms with Crippen molar-refractivity contribution in [2.24, 2.45) is 16.5 Å². The molecule has 5 N–H and O–H groups in total. The fraction of sp³-hybridized carbons (Fsp3) is 0.385. The molecule has 0 amide bonds. The molecule has 6 heteroatoms. The summed E-state index contributed by atoms with van der Waals surface area (Å²) >= 11 is 2.96. The van der Waals surface area contributed by atoms with Gasteiger partial charge in [0.15, 0.2) is 10.3 Å². The van der Waals surface area contributed by atoms with Gasteiger partial charge in [0.1, 0.15) is 0 Å². The standard InChI is InChI=1S/C13H20N4S2/c1-17-13(16)19-9-7-11-4-2-10(3-5-11)6-8-18-12(14)15/h2-5H,6-9H2,1H3,(H3,14,15)(H2,16,17). The van der Waals surface area contributed by atoms with Gasteiger partial charge in [-0.05, 0) is 24.0 Å². The molecular weight excluding hydrogens is 276 g/mol. The molecule has 1 aromatic carbocycles. The van der Waals surface area contributed by atoms with Gasteiger partial charge >= 0.3 is 0 Å². The zero-order valence-electron chi connectivity index (χ0n) is 11.1. The van der Waals surface area contributed by atoms with Crippen LogP contribution in [0.15, 0.2) is 29.3 Å². The van der Waals surface area contributed by atoms with Crippen LogP contribution in [-0.4, -0.2) is 28.9 Å². The van der Waals surface area contributed by atoms with Crippen LogP contribution in [0.4, 0.5) is 0 Å². The largest absolute Gasteiger partial charge is 0.379 e. The summed E-state index contributed by atoms with van der Waals surface area (Å²) in [5.74, 6) is 1.80. The first-order chi connectivity index (χ1) is 9.11. The summed E-state index contributed by atoms with van der Waals surface area (Å²) < 4.78 is 0. The van der Waals surface area contributed by atoms with Crippen molar-refractivity contribution < 1.29 is 0 Å². The van der Waals surface area contributed by atoms with Crippen LogP contribution >= 0.6 is 23.5 Å². The number of amidine groups is 2. The molecule has 0 aliphatic rings. The Morgan fingerprint density at radius 2 is 1.53 bits per heavy atom. The summed E-state index contributed by atoms with van der Waals surface area (Å²) in [7, 11) is 1.70. The van der Waals surface area contributed by atoms with Crippen LogP contribution < -0.4 is 11.5 Å². The van der Waals surface area contributed by atoms with Crippen molar-refractivity contribution >= 4 is 33.9 Å². The molecule has 0 saturated carbocycles. The van der Waals surface area contributed by atoms with Crippen LogP contribution in [0.5, 0.6) is 0 Å². The zero-order chi connectivity index (χ0) is 14.1. The van der Waals surface area contributed by atoms with Gasteiger partial charge in [-0.3, -0.25) is 10.4 Å². The second-order valence-corrected chi connectivity index (χ2v) is 6.19. The number of thioether (sulfide) groups is 2. The Hall–Kier alpha value is -1.14. The summed E-state index contributed by atoms with van der Waals surface area (Å²) in [5.41, 5.74) is 13.5. The van der Waals surface area contributed by atoms with E-state index in [1.54, 1.807) is 18.8 Å². The number of rotatable bonds is 6. The molecule has 0 bridgehead atoms. The number of aryl methyl sites for hydroxylation is 2. The van der Waals surface area contributed by atoms with E-state index in [9.17, 15) is 0 Å². The van der Waals surface area contributed by atoms with Crippen molar-refractivity contribution in [3.63, 3.8) is 0 Å². The van der Waals surface area contributed by atoms with E-state index in [0.29, 0.717) is 5.17 Å². The smallest absolute Gasteiger partial charge is 0.153 e. The van der Waals surface area contributed by atoms with Crippen LogP contribution in [-0.2, 0) is 12.8 Å². The van der Waals surface area contributed by atoms with Crippen molar-refractivity contribution in [3.8, 4) is 0 Å². The fourth-order valence-electron chi connectivity index (χ4n) is 1.49. The number of hydrogen-bond donors (Lipinski definition) is 3. The third kappa shape index (κ3) is 7.12. The van der Waals surface area contributed by atoms with Crippen molar-refractivity contribution in [2.45, 2.75) is 12.8 Å². The van der Waals surface area contributed by atoms with Gasteiger partial charge in [-0.15, -0.1) is 0 Å². The van der Waals surface area contributed by atoms with Crippen LogP contribution in [0.2, 0.25) is 0 Å². The van der Waals surface area contributed by atoms with Crippen molar-refractivity contribution in [2.75, 3.05) is 18.6 Å². The minimum absolute atomic E-state index is 0.184. The fourth-order valence-corrected chi connectivity index (χ4v) is 2.72. The third-order valence-electron chi connectivity index (χ3n) is 2.53. The average molecular weight is 296 g/mol. The SMILES string of the molecule is CN=C(N)SCCc1ccc(CCSC(=N)N)cc1. The first-order valence-electron chi connectivity index (χ1n) is 6.01. The number of hydrogen-bond acceptors (Lipinski definition) is 4. The van der Waals surface area contributed by atoms with Gasteiger partial charge < -0.3 is 11.5 Å². The van der Waals surface area contributed by atoms with E-state index in [2.05, 4.69) is 29.3 Å². The number of nitrogens with two attached hydrogens (primary N) is 2. The molecule has 1 aromatic rings.